The third-order valence-electron chi connectivity index (χ3n) is 2.55. The van der Waals surface area contributed by atoms with Gasteiger partial charge in [-0.1, -0.05) is 6.07 Å². The molecule has 0 aliphatic heterocycles. The minimum Gasteiger partial charge on any atom is -0.382 e. The first-order chi connectivity index (χ1) is 8.88. The van der Waals surface area contributed by atoms with Crippen LogP contribution < -0.4 is 11.2 Å². The molecule has 0 saturated heterocycles. The van der Waals surface area contributed by atoms with Gasteiger partial charge in [0.1, 0.15) is 11.8 Å². The number of nitrogens with two attached hydrogens (primary N) is 1. The van der Waals surface area contributed by atoms with Gasteiger partial charge in [-0.15, -0.1) is 0 Å². The molecule has 19 heavy (non-hydrogen) atoms. The molecule has 0 spiro atoms. The largest absolute Gasteiger partial charge is 0.382 e. The summed E-state index contributed by atoms with van der Waals surface area (Å²) in [5.74, 6) is -0.511. The SMILES string of the molecule is Cc1ccc([N+](=O)[O-])c(N/N=C(\C#N)C(=N)N)c1C. The lowest BCUT2D eigenvalue weighted by atomic mass is 10.1. The van der Waals surface area contributed by atoms with E-state index in [0.29, 0.717) is 5.56 Å². The van der Waals surface area contributed by atoms with Gasteiger partial charge in [-0.2, -0.15) is 10.4 Å². The zero-order chi connectivity index (χ0) is 14.6. The highest BCUT2D eigenvalue weighted by atomic mass is 16.6. The second-order valence-corrected chi connectivity index (χ2v) is 3.76. The number of nitrogens with one attached hydrogen (secondary N) is 2. The summed E-state index contributed by atoms with van der Waals surface area (Å²) < 4.78 is 0. The predicted octanol–water partition coefficient (Wildman–Crippen LogP) is 1.44. The molecule has 4 N–H and O–H groups in total. The van der Waals surface area contributed by atoms with Crippen LogP contribution in [-0.4, -0.2) is 16.5 Å². The van der Waals surface area contributed by atoms with Crippen molar-refractivity contribution in [3.05, 3.63) is 33.4 Å². The fraction of sp³-hybridized carbons (Fsp3) is 0.182. The molecule has 8 heteroatoms. The Kier molecular flexibility index (Phi) is 4.15. The van der Waals surface area contributed by atoms with Crippen LogP contribution in [0.4, 0.5) is 11.4 Å². The fourth-order valence-electron chi connectivity index (χ4n) is 1.35. The number of nitro benzene ring substituents is 1. The van der Waals surface area contributed by atoms with Gasteiger partial charge in [-0.05, 0) is 25.0 Å². The average molecular weight is 260 g/mol. The second kappa shape index (κ2) is 5.59. The standard InChI is InChI=1S/C11H12N6O2/c1-6-3-4-9(17(18)19)10(7(6)2)16-15-8(5-12)11(13)14/h3-4,16H,1-2H3,(H3,13,14)/b15-8+. The Bertz CT molecular complexity index is 614. The van der Waals surface area contributed by atoms with Crippen LogP contribution in [-0.2, 0) is 0 Å². The maximum atomic E-state index is 10.9. The number of nitro groups is 1. The third kappa shape index (κ3) is 3.04. The van der Waals surface area contributed by atoms with Crippen molar-refractivity contribution < 1.29 is 4.92 Å². The number of hydrazone groups is 1. The van der Waals surface area contributed by atoms with Crippen molar-refractivity contribution in [3.8, 4) is 6.07 Å². The van der Waals surface area contributed by atoms with E-state index in [1.807, 2.05) is 0 Å². The highest BCUT2D eigenvalue weighted by molar-refractivity contribution is 6.45. The Morgan fingerprint density at radius 3 is 2.68 bits per heavy atom. The van der Waals surface area contributed by atoms with Gasteiger partial charge in [0.15, 0.2) is 5.84 Å². The van der Waals surface area contributed by atoms with Crippen LogP contribution in [0.2, 0.25) is 0 Å². The van der Waals surface area contributed by atoms with Crippen molar-refractivity contribution >= 4 is 22.9 Å². The first-order valence-corrected chi connectivity index (χ1v) is 5.21. The number of hydrogen-bond acceptors (Lipinski definition) is 6. The first kappa shape index (κ1) is 14.1. The third-order valence-corrected chi connectivity index (χ3v) is 2.55. The highest BCUT2D eigenvalue weighted by Crippen LogP contribution is 2.30. The van der Waals surface area contributed by atoms with Gasteiger partial charge in [0, 0.05) is 6.07 Å². The minimum atomic E-state index is -0.551. The maximum absolute atomic E-state index is 10.9. The number of hydrogen-bond donors (Lipinski definition) is 3. The van der Waals surface area contributed by atoms with Gasteiger partial charge < -0.3 is 5.73 Å². The van der Waals surface area contributed by atoms with Crippen LogP contribution in [0.15, 0.2) is 17.2 Å². The van der Waals surface area contributed by atoms with E-state index in [2.05, 4.69) is 10.5 Å². The van der Waals surface area contributed by atoms with E-state index in [4.69, 9.17) is 16.4 Å². The van der Waals surface area contributed by atoms with Gasteiger partial charge in [0.2, 0.25) is 5.71 Å². The van der Waals surface area contributed by atoms with Gasteiger partial charge in [-0.25, -0.2) is 0 Å². The van der Waals surface area contributed by atoms with Crippen LogP contribution in [0.25, 0.3) is 0 Å². The van der Waals surface area contributed by atoms with Gasteiger partial charge >= 0.3 is 0 Å². The van der Waals surface area contributed by atoms with E-state index in [-0.39, 0.29) is 17.1 Å². The molecule has 1 rings (SSSR count). The highest BCUT2D eigenvalue weighted by Gasteiger charge is 2.17. The summed E-state index contributed by atoms with van der Waals surface area (Å²) in [6.07, 6.45) is 0. The molecule has 0 heterocycles. The summed E-state index contributed by atoms with van der Waals surface area (Å²) in [5, 5.41) is 30.3. The van der Waals surface area contributed by atoms with E-state index in [1.165, 1.54) is 6.07 Å². The van der Waals surface area contributed by atoms with Crippen LogP contribution in [0.1, 0.15) is 11.1 Å². The summed E-state index contributed by atoms with van der Waals surface area (Å²) in [5.41, 5.74) is 8.73. The number of nitrogens with zero attached hydrogens (tertiary/aromatic N) is 3. The molecule has 0 aromatic heterocycles. The molecule has 0 aliphatic rings. The lowest BCUT2D eigenvalue weighted by Crippen LogP contribution is -2.22. The molecule has 0 bridgehead atoms. The normalized spacial score (nSPS) is 10.7. The first-order valence-electron chi connectivity index (χ1n) is 5.21. The zero-order valence-electron chi connectivity index (χ0n) is 10.4. The van der Waals surface area contributed by atoms with Crippen LogP contribution in [0.5, 0.6) is 0 Å². The molecule has 1 aromatic carbocycles. The Balaban J connectivity index is 3.28. The van der Waals surface area contributed by atoms with Gasteiger partial charge in [-0.3, -0.25) is 20.9 Å². The van der Waals surface area contributed by atoms with E-state index in [1.54, 1.807) is 26.0 Å². The molecule has 0 unspecified atom stereocenters. The summed E-state index contributed by atoms with van der Waals surface area (Å²) in [7, 11) is 0. The molecular weight excluding hydrogens is 248 g/mol. The molecule has 1 aromatic rings. The smallest absolute Gasteiger partial charge is 0.294 e. The van der Waals surface area contributed by atoms with Crippen LogP contribution in [0.3, 0.4) is 0 Å². The van der Waals surface area contributed by atoms with Gasteiger partial charge in [0.05, 0.1) is 4.92 Å². The van der Waals surface area contributed by atoms with Crippen molar-refractivity contribution in [2.45, 2.75) is 13.8 Å². The van der Waals surface area contributed by atoms with E-state index in [0.717, 1.165) is 5.56 Å². The Labute approximate surface area is 109 Å². The lowest BCUT2D eigenvalue weighted by molar-refractivity contribution is -0.384. The molecule has 0 amide bonds. The molecule has 0 radical (unpaired) electrons. The Morgan fingerprint density at radius 2 is 2.21 bits per heavy atom. The Morgan fingerprint density at radius 1 is 1.58 bits per heavy atom. The van der Waals surface area contributed by atoms with Gasteiger partial charge in [0.25, 0.3) is 5.69 Å². The monoisotopic (exact) mass is 260 g/mol. The number of anilines is 1. The van der Waals surface area contributed by atoms with Crippen molar-refractivity contribution in [2.75, 3.05) is 5.43 Å². The number of aryl methyl sites for hydroxylation is 1. The van der Waals surface area contributed by atoms with Crippen LogP contribution >= 0.6 is 0 Å². The molecule has 8 nitrogen and oxygen atoms in total. The average Bonchev–Trinajstić information content (AvgIpc) is 2.34. The van der Waals surface area contributed by atoms with Crippen molar-refractivity contribution in [2.24, 2.45) is 10.8 Å². The lowest BCUT2D eigenvalue weighted by Gasteiger charge is -2.08. The quantitative estimate of drug-likeness (QED) is 0.325. The molecule has 0 saturated carbocycles. The van der Waals surface area contributed by atoms with Crippen molar-refractivity contribution in [1.29, 1.82) is 10.7 Å². The van der Waals surface area contributed by atoms with E-state index in [9.17, 15) is 10.1 Å². The second-order valence-electron chi connectivity index (χ2n) is 3.76. The molecule has 0 atom stereocenters. The number of nitriles is 1. The molecule has 0 aliphatic carbocycles. The summed E-state index contributed by atoms with van der Waals surface area (Å²) in [6.45, 7) is 3.49. The summed E-state index contributed by atoms with van der Waals surface area (Å²) >= 11 is 0. The van der Waals surface area contributed by atoms with E-state index >= 15 is 0 Å². The molecule has 0 fully saturated rings. The number of amidine groups is 1. The van der Waals surface area contributed by atoms with Crippen molar-refractivity contribution in [1.82, 2.24) is 0 Å². The topological polar surface area (TPSA) is 141 Å². The number of benzene rings is 1. The molecule has 98 valence electrons. The maximum Gasteiger partial charge on any atom is 0.294 e. The summed E-state index contributed by atoms with van der Waals surface area (Å²) in [6, 6.07) is 4.59. The van der Waals surface area contributed by atoms with E-state index < -0.39 is 10.8 Å². The minimum absolute atomic E-state index is 0.160. The molecular formula is C11H12N6O2. The predicted molar refractivity (Wildman–Crippen MR) is 71.2 cm³/mol. The Hall–Kier alpha value is -2.95. The fourth-order valence-corrected chi connectivity index (χ4v) is 1.35. The summed E-state index contributed by atoms with van der Waals surface area (Å²) in [4.78, 5) is 10.4. The zero-order valence-corrected chi connectivity index (χ0v) is 10.4. The van der Waals surface area contributed by atoms with Crippen molar-refractivity contribution in [3.63, 3.8) is 0 Å². The van der Waals surface area contributed by atoms with Crippen LogP contribution in [0, 0.1) is 40.7 Å². The number of rotatable bonds is 4.